The van der Waals surface area contributed by atoms with Crippen molar-refractivity contribution in [3.05, 3.63) is 0 Å². The molecule has 1 aliphatic heterocycles. The first kappa shape index (κ1) is 9.82. The van der Waals surface area contributed by atoms with Gasteiger partial charge in [0, 0.05) is 0 Å². The monoisotopic (exact) mass is 193 g/mol. The maximum absolute atomic E-state index is 9.28. The summed E-state index contributed by atoms with van der Waals surface area (Å²) >= 11 is 4.59. The summed E-state index contributed by atoms with van der Waals surface area (Å²) in [5.41, 5.74) is 5.22. The largest absolute Gasteiger partial charge is 0.394 e. The van der Waals surface area contributed by atoms with Crippen LogP contribution in [-0.2, 0) is 4.74 Å². The molecule has 0 amide bonds. The standard InChI is InChI=1S/C6H11NO4S/c7-6(12)5-4(10)3(9)2(1-8)11-5/h2-5,8-10H,1H2,(H2,7,12)/t2-,3-,4-,5-/m1/s1. The molecule has 1 aliphatic rings. The minimum absolute atomic E-state index is 0.0162. The molecule has 0 aliphatic carbocycles. The first-order valence-corrected chi connectivity index (χ1v) is 3.90. The number of nitrogens with two attached hydrogens (primary N) is 1. The highest BCUT2D eigenvalue weighted by Crippen LogP contribution is 2.20. The highest BCUT2D eigenvalue weighted by atomic mass is 32.1. The molecule has 70 valence electrons. The van der Waals surface area contributed by atoms with Crippen LogP contribution in [0.25, 0.3) is 0 Å². The molecule has 0 saturated carbocycles. The van der Waals surface area contributed by atoms with Crippen molar-refractivity contribution in [2.24, 2.45) is 5.73 Å². The molecular formula is C6H11NO4S. The lowest BCUT2D eigenvalue weighted by Gasteiger charge is -2.11. The molecule has 0 bridgehead atoms. The van der Waals surface area contributed by atoms with Crippen molar-refractivity contribution in [1.29, 1.82) is 0 Å². The van der Waals surface area contributed by atoms with E-state index in [0.29, 0.717) is 0 Å². The average molecular weight is 193 g/mol. The van der Waals surface area contributed by atoms with Crippen molar-refractivity contribution in [2.45, 2.75) is 24.4 Å². The number of aliphatic hydroxyl groups excluding tert-OH is 3. The van der Waals surface area contributed by atoms with Crippen LogP contribution in [0.4, 0.5) is 0 Å². The average Bonchev–Trinajstić information content (AvgIpc) is 2.30. The molecular weight excluding hydrogens is 182 g/mol. The van der Waals surface area contributed by atoms with E-state index in [0.717, 1.165) is 0 Å². The maximum atomic E-state index is 9.28. The van der Waals surface area contributed by atoms with E-state index < -0.39 is 24.4 Å². The van der Waals surface area contributed by atoms with Crippen LogP contribution in [-0.4, -0.2) is 51.3 Å². The minimum atomic E-state index is -1.14. The first-order chi connectivity index (χ1) is 5.57. The topological polar surface area (TPSA) is 95.9 Å². The van der Waals surface area contributed by atoms with Crippen molar-refractivity contribution < 1.29 is 20.1 Å². The van der Waals surface area contributed by atoms with Gasteiger partial charge in [0.05, 0.1) is 6.61 Å². The number of rotatable bonds is 2. The molecule has 6 heteroatoms. The van der Waals surface area contributed by atoms with E-state index in [1.807, 2.05) is 0 Å². The first-order valence-electron chi connectivity index (χ1n) is 3.49. The van der Waals surface area contributed by atoms with Crippen LogP contribution in [0.1, 0.15) is 0 Å². The second-order valence-corrected chi connectivity index (χ2v) is 3.13. The third kappa shape index (κ3) is 1.57. The van der Waals surface area contributed by atoms with E-state index in [1.54, 1.807) is 0 Å². The second kappa shape index (κ2) is 3.63. The Kier molecular flexibility index (Phi) is 2.97. The number of thiocarbonyl (C=S) groups is 1. The lowest BCUT2D eigenvalue weighted by molar-refractivity contribution is -0.00987. The van der Waals surface area contributed by atoms with Crippen LogP contribution in [0.2, 0.25) is 0 Å². The fraction of sp³-hybridized carbons (Fsp3) is 0.833. The van der Waals surface area contributed by atoms with E-state index >= 15 is 0 Å². The Hall–Kier alpha value is -0.270. The summed E-state index contributed by atoms with van der Waals surface area (Å²) in [5, 5.41) is 27.2. The Bertz CT molecular complexity index is 188. The summed E-state index contributed by atoms with van der Waals surface area (Å²) in [7, 11) is 0. The van der Waals surface area contributed by atoms with Gasteiger partial charge in [0.25, 0.3) is 0 Å². The summed E-state index contributed by atoms with van der Waals surface area (Å²) in [4.78, 5) is -0.0162. The Balaban J connectivity index is 2.66. The summed E-state index contributed by atoms with van der Waals surface area (Å²) in [6, 6.07) is 0. The zero-order valence-electron chi connectivity index (χ0n) is 6.25. The van der Waals surface area contributed by atoms with Gasteiger partial charge in [-0.2, -0.15) is 0 Å². The summed E-state index contributed by atoms with van der Waals surface area (Å²) in [6.45, 7) is -0.364. The molecule has 5 N–H and O–H groups in total. The van der Waals surface area contributed by atoms with Gasteiger partial charge < -0.3 is 25.8 Å². The molecule has 1 rings (SSSR count). The quantitative estimate of drug-likeness (QED) is 0.370. The van der Waals surface area contributed by atoms with Crippen molar-refractivity contribution in [2.75, 3.05) is 6.61 Å². The van der Waals surface area contributed by atoms with Crippen molar-refractivity contribution in [3.8, 4) is 0 Å². The van der Waals surface area contributed by atoms with Crippen LogP contribution < -0.4 is 5.73 Å². The molecule has 12 heavy (non-hydrogen) atoms. The number of hydrogen-bond acceptors (Lipinski definition) is 5. The van der Waals surface area contributed by atoms with Gasteiger partial charge >= 0.3 is 0 Å². The fourth-order valence-electron chi connectivity index (χ4n) is 1.13. The van der Waals surface area contributed by atoms with Crippen molar-refractivity contribution in [3.63, 3.8) is 0 Å². The number of hydrogen-bond donors (Lipinski definition) is 4. The molecule has 1 saturated heterocycles. The SMILES string of the molecule is NC(=S)[C@@H]1O[C@H](CO)[C@@H](O)[C@H]1O. The van der Waals surface area contributed by atoms with Crippen molar-refractivity contribution >= 4 is 17.2 Å². The van der Waals surface area contributed by atoms with E-state index in [-0.39, 0.29) is 11.6 Å². The molecule has 0 spiro atoms. The van der Waals surface area contributed by atoms with Crippen LogP contribution in [0.3, 0.4) is 0 Å². The molecule has 4 atom stereocenters. The van der Waals surface area contributed by atoms with Gasteiger partial charge in [-0.15, -0.1) is 0 Å². The highest BCUT2D eigenvalue weighted by Gasteiger charge is 2.43. The summed E-state index contributed by atoms with van der Waals surface area (Å²) < 4.78 is 4.98. The molecule has 0 aromatic heterocycles. The fourth-order valence-corrected chi connectivity index (χ4v) is 1.33. The number of aliphatic hydroxyl groups is 3. The summed E-state index contributed by atoms with van der Waals surface area (Å²) in [6.07, 6.45) is -3.92. The van der Waals surface area contributed by atoms with E-state index in [9.17, 15) is 10.2 Å². The molecule has 0 aromatic rings. The predicted molar refractivity (Wildman–Crippen MR) is 44.5 cm³/mol. The highest BCUT2D eigenvalue weighted by molar-refractivity contribution is 7.80. The van der Waals surface area contributed by atoms with Crippen LogP contribution >= 0.6 is 12.2 Å². The molecule has 1 heterocycles. The molecule has 0 aromatic carbocycles. The Morgan fingerprint density at radius 2 is 2.00 bits per heavy atom. The lowest BCUT2D eigenvalue weighted by atomic mass is 10.1. The number of ether oxygens (including phenoxy) is 1. The lowest BCUT2D eigenvalue weighted by Crippen LogP contribution is -2.39. The zero-order valence-corrected chi connectivity index (χ0v) is 7.07. The Morgan fingerprint density at radius 3 is 2.25 bits per heavy atom. The Labute approximate surface area is 74.8 Å². The van der Waals surface area contributed by atoms with E-state index in [2.05, 4.69) is 12.2 Å². The van der Waals surface area contributed by atoms with Crippen LogP contribution in [0.5, 0.6) is 0 Å². The predicted octanol–water partition coefficient (Wildman–Crippen LogP) is -2.25. The van der Waals surface area contributed by atoms with Crippen LogP contribution in [0, 0.1) is 0 Å². The Morgan fingerprint density at radius 1 is 1.42 bits per heavy atom. The zero-order chi connectivity index (χ0) is 9.30. The van der Waals surface area contributed by atoms with Gasteiger partial charge in [0.2, 0.25) is 0 Å². The summed E-state index contributed by atoms with van der Waals surface area (Å²) in [5.74, 6) is 0. The third-order valence-corrected chi connectivity index (χ3v) is 2.06. The van der Waals surface area contributed by atoms with Gasteiger partial charge in [-0.25, -0.2) is 0 Å². The van der Waals surface area contributed by atoms with Gasteiger partial charge in [-0.05, 0) is 0 Å². The van der Waals surface area contributed by atoms with Gasteiger partial charge in [0.15, 0.2) is 0 Å². The minimum Gasteiger partial charge on any atom is -0.394 e. The molecule has 5 nitrogen and oxygen atoms in total. The van der Waals surface area contributed by atoms with Gasteiger partial charge in [-0.3, -0.25) is 0 Å². The smallest absolute Gasteiger partial charge is 0.136 e. The maximum Gasteiger partial charge on any atom is 0.136 e. The van der Waals surface area contributed by atoms with E-state index in [4.69, 9.17) is 15.6 Å². The normalized spacial score (nSPS) is 41.6. The second-order valence-electron chi connectivity index (χ2n) is 2.66. The molecule has 0 unspecified atom stereocenters. The van der Waals surface area contributed by atoms with E-state index in [1.165, 1.54) is 0 Å². The molecule has 1 fully saturated rings. The van der Waals surface area contributed by atoms with Crippen molar-refractivity contribution in [1.82, 2.24) is 0 Å². The van der Waals surface area contributed by atoms with Gasteiger partial charge in [0.1, 0.15) is 29.4 Å². The third-order valence-electron chi connectivity index (χ3n) is 1.82. The van der Waals surface area contributed by atoms with Crippen LogP contribution in [0.15, 0.2) is 0 Å². The molecule has 0 radical (unpaired) electrons. The van der Waals surface area contributed by atoms with Gasteiger partial charge in [-0.1, -0.05) is 12.2 Å².